The van der Waals surface area contributed by atoms with Crippen LogP contribution in [0.25, 0.3) is 0 Å². The van der Waals surface area contributed by atoms with Gasteiger partial charge in [-0.05, 0) is 49.1 Å². The largest absolute Gasteiger partial charge is 0.326 e. The van der Waals surface area contributed by atoms with Crippen LogP contribution < -0.4 is 10.0 Å². The molecule has 0 aliphatic carbocycles. The molecular weight excluding hydrogens is 324 g/mol. The second-order valence-electron chi connectivity index (χ2n) is 6.00. The first-order valence-corrected chi connectivity index (χ1v) is 9.40. The van der Waals surface area contributed by atoms with Crippen molar-refractivity contribution in [3.8, 4) is 0 Å². The van der Waals surface area contributed by atoms with Gasteiger partial charge in [-0.3, -0.25) is 4.79 Å². The van der Waals surface area contributed by atoms with Crippen molar-refractivity contribution < 1.29 is 13.2 Å². The molecule has 0 radical (unpaired) electrons. The second-order valence-corrected chi connectivity index (χ2v) is 7.77. The zero-order valence-electron chi connectivity index (χ0n) is 13.5. The Hall–Kier alpha value is -2.18. The summed E-state index contributed by atoms with van der Waals surface area (Å²) >= 11 is 0. The van der Waals surface area contributed by atoms with Gasteiger partial charge in [-0.1, -0.05) is 29.8 Å². The van der Waals surface area contributed by atoms with Crippen LogP contribution in [0.15, 0.2) is 47.4 Å². The molecule has 2 N–H and O–H groups in total. The first-order chi connectivity index (χ1) is 11.4. The van der Waals surface area contributed by atoms with E-state index in [0.717, 1.165) is 11.1 Å². The summed E-state index contributed by atoms with van der Waals surface area (Å²) in [5.74, 6) is -0.0330. The van der Waals surface area contributed by atoms with Crippen LogP contribution >= 0.6 is 0 Å². The molecule has 0 fully saturated rings. The quantitative estimate of drug-likeness (QED) is 0.874. The molecule has 1 aliphatic heterocycles. The number of carbonyl (C=O) groups is 1. The van der Waals surface area contributed by atoms with Gasteiger partial charge in [0.25, 0.3) is 0 Å². The van der Waals surface area contributed by atoms with Crippen LogP contribution in [0.2, 0.25) is 0 Å². The molecule has 0 atom stereocenters. The Kier molecular flexibility index (Phi) is 4.69. The Balaban J connectivity index is 1.67. The minimum Gasteiger partial charge on any atom is -0.326 e. The molecule has 2 aromatic rings. The lowest BCUT2D eigenvalue weighted by molar-refractivity contribution is -0.116. The van der Waals surface area contributed by atoms with Crippen molar-refractivity contribution in [2.24, 2.45) is 0 Å². The lowest BCUT2D eigenvalue weighted by Crippen LogP contribution is -2.26. The third-order valence-corrected chi connectivity index (χ3v) is 5.57. The molecule has 6 heteroatoms. The number of amides is 1. The number of carbonyl (C=O) groups excluding carboxylic acids is 1. The highest BCUT2D eigenvalue weighted by atomic mass is 32.2. The topological polar surface area (TPSA) is 75.3 Å². The fraction of sp³-hybridized carbons (Fsp3) is 0.278. The normalized spacial score (nSPS) is 14.1. The van der Waals surface area contributed by atoms with E-state index in [2.05, 4.69) is 10.0 Å². The molecule has 126 valence electrons. The van der Waals surface area contributed by atoms with E-state index in [-0.39, 0.29) is 10.8 Å². The first kappa shape index (κ1) is 16.7. The van der Waals surface area contributed by atoms with Crippen molar-refractivity contribution in [3.05, 3.63) is 59.2 Å². The van der Waals surface area contributed by atoms with Crippen molar-refractivity contribution in [3.63, 3.8) is 0 Å². The van der Waals surface area contributed by atoms with Gasteiger partial charge in [0.15, 0.2) is 0 Å². The molecule has 0 saturated heterocycles. The number of rotatable bonds is 5. The molecule has 0 unspecified atom stereocenters. The molecule has 3 rings (SSSR count). The number of hydrogen-bond acceptors (Lipinski definition) is 3. The standard InChI is InChI=1S/C18H20N2O3S/c1-13-2-4-14(5-3-13)10-11-19-24(22,23)16-7-8-17-15(12-16)6-9-18(21)20-17/h2-5,7-8,12,19H,6,9-11H2,1H3,(H,20,21). The van der Waals surface area contributed by atoms with E-state index in [1.807, 2.05) is 31.2 Å². The average molecular weight is 344 g/mol. The average Bonchev–Trinajstić information content (AvgIpc) is 2.56. The van der Waals surface area contributed by atoms with Crippen LogP contribution in [0, 0.1) is 6.92 Å². The maximum absolute atomic E-state index is 12.4. The fourth-order valence-electron chi connectivity index (χ4n) is 2.69. The number of aryl methyl sites for hydroxylation is 2. The highest BCUT2D eigenvalue weighted by Crippen LogP contribution is 2.25. The molecule has 0 spiro atoms. The van der Waals surface area contributed by atoms with Crippen LogP contribution in [0.5, 0.6) is 0 Å². The number of nitrogens with one attached hydrogen (secondary N) is 2. The zero-order valence-corrected chi connectivity index (χ0v) is 14.3. The van der Waals surface area contributed by atoms with Gasteiger partial charge in [0, 0.05) is 18.7 Å². The number of benzene rings is 2. The number of hydrogen-bond donors (Lipinski definition) is 2. The van der Waals surface area contributed by atoms with Crippen molar-refractivity contribution in [1.29, 1.82) is 0 Å². The molecule has 2 aromatic carbocycles. The third-order valence-electron chi connectivity index (χ3n) is 4.11. The minimum absolute atomic E-state index is 0.0330. The van der Waals surface area contributed by atoms with Gasteiger partial charge in [-0.25, -0.2) is 13.1 Å². The van der Waals surface area contributed by atoms with E-state index in [1.165, 1.54) is 11.6 Å². The Bertz CT molecular complexity index is 858. The van der Waals surface area contributed by atoms with E-state index < -0.39 is 10.0 Å². The zero-order chi connectivity index (χ0) is 17.2. The Morgan fingerprint density at radius 1 is 1.08 bits per heavy atom. The summed E-state index contributed by atoms with van der Waals surface area (Å²) < 4.78 is 27.5. The van der Waals surface area contributed by atoms with Gasteiger partial charge < -0.3 is 5.32 Å². The van der Waals surface area contributed by atoms with Gasteiger partial charge in [0.2, 0.25) is 15.9 Å². The Morgan fingerprint density at radius 3 is 2.58 bits per heavy atom. The molecule has 1 amide bonds. The molecular formula is C18H20N2O3S. The number of anilines is 1. The molecule has 0 bridgehead atoms. The number of sulfonamides is 1. The maximum Gasteiger partial charge on any atom is 0.240 e. The highest BCUT2D eigenvalue weighted by Gasteiger charge is 2.19. The molecule has 1 heterocycles. The summed E-state index contributed by atoms with van der Waals surface area (Å²) in [5, 5.41) is 2.75. The van der Waals surface area contributed by atoms with Crippen molar-refractivity contribution in [1.82, 2.24) is 4.72 Å². The van der Waals surface area contributed by atoms with E-state index in [4.69, 9.17) is 0 Å². The monoisotopic (exact) mass is 344 g/mol. The first-order valence-electron chi connectivity index (χ1n) is 7.92. The summed E-state index contributed by atoms with van der Waals surface area (Å²) in [5.41, 5.74) is 3.83. The van der Waals surface area contributed by atoms with Crippen LogP contribution in [-0.4, -0.2) is 20.9 Å². The van der Waals surface area contributed by atoms with Gasteiger partial charge in [-0.15, -0.1) is 0 Å². The van der Waals surface area contributed by atoms with Gasteiger partial charge in [0.05, 0.1) is 4.90 Å². The van der Waals surface area contributed by atoms with Crippen LogP contribution in [0.1, 0.15) is 23.1 Å². The van der Waals surface area contributed by atoms with Crippen LogP contribution in [0.4, 0.5) is 5.69 Å². The molecule has 0 aromatic heterocycles. The summed E-state index contributed by atoms with van der Waals surface area (Å²) in [6.07, 6.45) is 1.59. The lowest BCUT2D eigenvalue weighted by atomic mass is 10.0. The van der Waals surface area contributed by atoms with E-state index in [1.54, 1.807) is 12.1 Å². The number of fused-ring (bicyclic) bond motifs is 1. The summed E-state index contributed by atoms with van der Waals surface area (Å²) in [6, 6.07) is 12.9. The molecule has 1 aliphatic rings. The Morgan fingerprint density at radius 2 is 1.83 bits per heavy atom. The minimum atomic E-state index is -3.55. The SMILES string of the molecule is Cc1ccc(CCNS(=O)(=O)c2ccc3c(c2)CCC(=O)N3)cc1. The summed E-state index contributed by atoms with van der Waals surface area (Å²) in [6.45, 7) is 2.37. The van der Waals surface area contributed by atoms with Crippen LogP contribution in [0.3, 0.4) is 0 Å². The predicted octanol–water partition coefficient (Wildman–Crippen LogP) is 2.40. The lowest BCUT2D eigenvalue weighted by Gasteiger charge is -2.17. The van der Waals surface area contributed by atoms with Crippen molar-refractivity contribution in [2.75, 3.05) is 11.9 Å². The summed E-state index contributed by atoms with van der Waals surface area (Å²) in [7, 11) is -3.55. The van der Waals surface area contributed by atoms with Gasteiger partial charge in [0.1, 0.15) is 0 Å². The highest BCUT2D eigenvalue weighted by molar-refractivity contribution is 7.89. The van der Waals surface area contributed by atoms with Gasteiger partial charge >= 0.3 is 0 Å². The molecule has 24 heavy (non-hydrogen) atoms. The van der Waals surface area contributed by atoms with Crippen molar-refractivity contribution >= 4 is 21.6 Å². The van der Waals surface area contributed by atoms with Crippen molar-refractivity contribution in [2.45, 2.75) is 31.1 Å². The third kappa shape index (κ3) is 3.83. The van der Waals surface area contributed by atoms with E-state index in [9.17, 15) is 13.2 Å². The maximum atomic E-state index is 12.4. The van der Waals surface area contributed by atoms with Crippen LogP contribution in [-0.2, 0) is 27.7 Å². The Labute approximate surface area is 142 Å². The second kappa shape index (κ2) is 6.75. The van der Waals surface area contributed by atoms with E-state index >= 15 is 0 Å². The predicted molar refractivity (Wildman–Crippen MR) is 93.5 cm³/mol. The molecule has 0 saturated carbocycles. The summed E-state index contributed by atoms with van der Waals surface area (Å²) in [4.78, 5) is 11.6. The molecule has 5 nitrogen and oxygen atoms in total. The van der Waals surface area contributed by atoms with Gasteiger partial charge in [-0.2, -0.15) is 0 Å². The van der Waals surface area contributed by atoms with E-state index in [0.29, 0.717) is 31.5 Å². The fourth-order valence-corrected chi connectivity index (χ4v) is 3.78. The smallest absolute Gasteiger partial charge is 0.240 e.